The molecule has 0 unspecified atom stereocenters. The van der Waals surface area contributed by atoms with Crippen LogP contribution in [0.1, 0.15) is 0 Å². The van der Waals surface area contributed by atoms with Crippen LogP contribution < -0.4 is 16.8 Å². The molecule has 0 aliphatic carbocycles. The molecule has 0 aromatic heterocycles. The SMILES string of the molecule is Nc1ccc(Nc2cc(S(=O)(=O)O)c(N)cc2S(=O)(=O)O)c(S(=O)(=O)CCO)c1. The molecule has 0 aliphatic rings. The average Bonchev–Trinajstić information content (AvgIpc) is 2.55. The van der Waals surface area contributed by atoms with Crippen LogP contribution in [0, 0.1) is 0 Å². The Morgan fingerprint density at radius 1 is 0.793 bits per heavy atom. The molecule has 2 aromatic carbocycles. The number of aliphatic hydroxyl groups excluding tert-OH is 1. The van der Waals surface area contributed by atoms with Gasteiger partial charge in [-0.25, -0.2) is 8.42 Å². The molecule has 12 nitrogen and oxygen atoms in total. The standard InChI is InChI=1S/C14H17N3O9S3/c15-8-1-2-10(13(5-8)27(19,20)4-3-18)17-11-7-12(28(21,22)23)9(16)6-14(11)29(24,25)26/h1-2,5-7,17-18H,3-4,15-16H2,(H,21,22,23)(H,24,25,26). The van der Waals surface area contributed by atoms with Gasteiger partial charge in [-0.1, -0.05) is 0 Å². The average molecular weight is 468 g/mol. The summed E-state index contributed by atoms with van der Waals surface area (Å²) in [7, 11) is -13.9. The van der Waals surface area contributed by atoms with E-state index in [9.17, 15) is 34.4 Å². The number of aliphatic hydroxyl groups is 1. The molecular weight excluding hydrogens is 450 g/mol. The Kier molecular flexibility index (Phi) is 6.12. The van der Waals surface area contributed by atoms with Gasteiger partial charge in [0.1, 0.15) is 9.79 Å². The van der Waals surface area contributed by atoms with E-state index in [-0.39, 0.29) is 11.4 Å². The minimum atomic E-state index is -4.94. The van der Waals surface area contributed by atoms with Crippen molar-refractivity contribution in [2.45, 2.75) is 14.7 Å². The first kappa shape index (κ1) is 22.9. The van der Waals surface area contributed by atoms with E-state index in [1.54, 1.807) is 0 Å². The monoisotopic (exact) mass is 467 g/mol. The number of nitrogens with two attached hydrogens (primary N) is 2. The maximum absolute atomic E-state index is 12.4. The highest BCUT2D eigenvalue weighted by molar-refractivity contribution is 7.91. The van der Waals surface area contributed by atoms with Crippen LogP contribution in [0.2, 0.25) is 0 Å². The number of nitrogens with one attached hydrogen (secondary N) is 1. The van der Waals surface area contributed by atoms with Crippen LogP contribution >= 0.6 is 0 Å². The summed E-state index contributed by atoms with van der Waals surface area (Å²) in [5.41, 5.74) is 9.59. The number of nitrogen functional groups attached to an aromatic ring is 2. The van der Waals surface area contributed by atoms with Crippen molar-refractivity contribution in [3.05, 3.63) is 30.3 Å². The first-order chi connectivity index (χ1) is 13.2. The summed E-state index contributed by atoms with van der Waals surface area (Å²) in [6.07, 6.45) is 0. The molecule has 2 rings (SSSR count). The van der Waals surface area contributed by atoms with Gasteiger partial charge in [-0.2, -0.15) is 16.8 Å². The minimum Gasteiger partial charge on any atom is -0.399 e. The van der Waals surface area contributed by atoms with Gasteiger partial charge in [0.05, 0.1) is 34.3 Å². The summed E-state index contributed by atoms with van der Waals surface area (Å²) in [6, 6.07) is 4.68. The molecule has 160 valence electrons. The van der Waals surface area contributed by atoms with E-state index in [0.29, 0.717) is 12.1 Å². The molecule has 0 aliphatic heterocycles. The van der Waals surface area contributed by atoms with Gasteiger partial charge in [-0.3, -0.25) is 9.11 Å². The lowest BCUT2D eigenvalue weighted by Gasteiger charge is -2.16. The topological polar surface area (TPSA) is 227 Å². The van der Waals surface area contributed by atoms with Gasteiger partial charge in [-0.05, 0) is 30.3 Å². The van der Waals surface area contributed by atoms with Crippen molar-refractivity contribution in [1.82, 2.24) is 0 Å². The van der Waals surface area contributed by atoms with Gasteiger partial charge >= 0.3 is 0 Å². The molecule has 0 heterocycles. The minimum absolute atomic E-state index is 0.0398. The lowest BCUT2D eigenvalue weighted by atomic mass is 10.2. The van der Waals surface area contributed by atoms with Gasteiger partial charge in [0.15, 0.2) is 9.84 Å². The van der Waals surface area contributed by atoms with Gasteiger partial charge < -0.3 is 21.9 Å². The molecule has 2 aromatic rings. The molecule has 0 fully saturated rings. The van der Waals surface area contributed by atoms with Crippen LogP contribution in [0.5, 0.6) is 0 Å². The Morgan fingerprint density at radius 2 is 1.38 bits per heavy atom. The highest BCUT2D eigenvalue weighted by Crippen LogP contribution is 2.34. The summed E-state index contributed by atoms with van der Waals surface area (Å²) in [6.45, 7) is -0.707. The number of hydrogen-bond donors (Lipinski definition) is 6. The Morgan fingerprint density at radius 3 is 1.90 bits per heavy atom. The van der Waals surface area contributed by atoms with E-state index < -0.39 is 68.5 Å². The van der Waals surface area contributed by atoms with Gasteiger partial charge in [0.25, 0.3) is 20.2 Å². The van der Waals surface area contributed by atoms with Crippen molar-refractivity contribution in [3.63, 3.8) is 0 Å². The van der Waals surface area contributed by atoms with Gasteiger partial charge in [0, 0.05) is 5.69 Å². The van der Waals surface area contributed by atoms with Gasteiger partial charge in [0.2, 0.25) is 0 Å². The maximum Gasteiger partial charge on any atom is 0.296 e. The Hall–Kier alpha value is -2.43. The zero-order valence-electron chi connectivity index (χ0n) is 14.5. The molecule has 0 saturated carbocycles. The third kappa shape index (κ3) is 5.14. The lowest BCUT2D eigenvalue weighted by molar-refractivity contribution is 0.319. The predicted octanol–water partition coefficient (Wildman–Crippen LogP) is -0.146. The van der Waals surface area contributed by atoms with Crippen molar-refractivity contribution >= 4 is 52.8 Å². The molecule has 8 N–H and O–H groups in total. The first-order valence-electron chi connectivity index (χ1n) is 7.55. The number of hydrogen-bond acceptors (Lipinski definition) is 10. The van der Waals surface area contributed by atoms with Crippen molar-refractivity contribution in [3.8, 4) is 0 Å². The van der Waals surface area contributed by atoms with Crippen LogP contribution in [0.4, 0.5) is 22.7 Å². The van der Waals surface area contributed by atoms with E-state index in [2.05, 4.69) is 5.32 Å². The zero-order valence-corrected chi connectivity index (χ0v) is 16.9. The molecular formula is C14H17N3O9S3. The van der Waals surface area contributed by atoms with Crippen LogP contribution in [-0.2, 0) is 30.1 Å². The molecule has 0 atom stereocenters. The number of benzene rings is 2. The number of anilines is 4. The van der Waals surface area contributed by atoms with Crippen LogP contribution in [0.15, 0.2) is 45.0 Å². The highest BCUT2D eigenvalue weighted by Gasteiger charge is 2.25. The quantitative estimate of drug-likeness (QED) is 0.231. The fourth-order valence-corrected chi connectivity index (χ4v) is 4.90. The summed E-state index contributed by atoms with van der Waals surface area (Å²) in [5.74, 6) is -0.672. The van der Waals surface area contributed by atoms with Crippen molar-refractivity contribution in [1.29, 1.82) is 0 Å². The normalized spacial score (nSPS) is 12.7. The highest BCUT2D eigenvalue weighted by atomic mass is 32.2. The maximum atomic E-state index is 12.4. The largest absolute Gasteiger partial charge is 0.399 e. The summed E-state index contributed by atoms with van der Waals surface area (Å²) in [5, 5.41) is 11.4. The van der Waals surface area contributed by atoms with Crippen molar-refractivity contribution in [2.75, 3.05) is 29.1 Å². The van der Waals surface area contributed by atoms with Crippen molar-refractivity contribution in [2.24, 2.45) is 0 Å². The molecule has 0 radical (unpaired) electrons. The number of rotatable bonds is 7. The van der Waals surface area contributed by atoms with Crippen LogP contribution in [0.25, 0.3) is 0 Å². The summed E-state index contributed by atoms with van der Waals surface area (Å²) in [4.78, 5) is -2.16. The Labute approximate surface area is 166 Å². The molecule has 0 amide bonds. The number of sulfone groups is 1. The Balaban J connectivity index is 2.78. The van der Waals surface area contributed by atoms with Crippen molar-refractivity contribution < 1.29 is 39.5 Å². The predicted molar refractivity (Wildman–Crippen MR) is 104 cm³/mol. The zero-order chi connectivity index (χ0) is 22.2. The third-order valence-corrected chi connectivity index (χ3v) is 7.17. The smallest absolute Gasteiger partial charge is 0.296 e. The second-order valence-electron chi connectivity index (χ2n) is 5.76. The molecule has 0 saturated heterocycles. The fourth-order valence-electron chi connectivity index (χ4n) is 2.38. The molecule has 0 bridgehead atoms. The molecule has 29 heavy (non-hydrogen) atoms. The van der Waals surface area contributed by atoms with E-state index in [4.69, 9.17) is 16.6 Å². The Bertz CT molecular complexity index is 1270. The van der Waals surface area contributed by atoms with E-state index >= 15 is 0 Å². The molecule has 15 heteroatoms. The van der Waals surface area contributed by atoms with E-state index in [1.165, 1.54) is 6.07 Å². The van der Waals surface area contributed by atoms with Crippen LogP contribution in [0.3, 0.4) is 0 Å². The molecule has 0 spiro atoms. The lowest BCUT2D eigenvalue weighted by Crippen LogP contribution is -2.14. The first-order valence-corrected chi connectivity index (χ1v) is 12.1. The van der Waals surface area contributed by atoms with E-state index in [0.717, 1.165) is 12.1 Å². The summed E-state index contributed by atoms with van der Waals surface area (Å²) >= 11 is 0. The second kappa shape index (κ2) is 7.77. The second-order valence-corrected chi connectivity index (χ2v) is 10.6. The third-order valence-electron chi connectivity index (χ3n) is 3.64. The van der Waals surface area contributed by atoms with Crippen LogP contribution in [-0.4, -0.2) is 51.8 Å². The summed E-state index contributed by atoms with van der Waals surface area (Å²) < 4.78 is 89.7. The fraction of sp³-hybridized carbons (Fsp3) is 0.143. The van der Waals surface area contributed by atoms with Gasteiger partial charge in [-0.15, -0.1) is 0 Å². The van der Waals surface area contributed by atoms with E-state index in [1.807, 2.05) is 0 Å².